The molecule has 0 spiro atoms. The molecule has 1 heterocycles. The van der Waals surface area contributed by atoms with E-state index in [-0.39, 0.29) is 12.5 Å². The predicted octanol–water partition coefficient (Wildman–Crippen LogP) is 1.24. The highest BCUT2D eigenvalue weighted by Crippen LogP contribution is 2.26. The van der Waals surface area contributed by atoms with Gasteiger partial charge >= 0.3 is 5.97 Å². The number of hydrogen-bond acceptors (Lipinski definition) is 4. The first-order valence-corrected chi connectivity index (χ1v) is 8.54. The summed E-state index contributed by atoms with van der Waals surface area (Å²) in [6.45, 7) is 5.00. The minimum Gasteiger partial charge on any atom is -0.464 e. The first kappa shape index (κ1) is 18.7. The fourth-order valence-electron chi connectivity index (χ4n) is 2.56. The summed E-state index contributed by atoms with van der Waals surface area (Å²) >= 11 is 3.45. The average molecular weight is 375 g/mol. The van der Waals surface area contributed by atoms with Crippen molar-refractivity contribution < 1.29 is 19.1 Å². The second kappa shape index (κ2) is 9.61. The molecule has 6 nitrogen and oxygen atoms in total. The number of halogens is 1. The van der Waals surface area contributed by atoms with Gasteiger partial charge in [0.15, 0.2) is 0 Å². The summed E-state index contributed by atoms with van der Waals surface area (Å²) in [7, 11) is 0. The monoisotopic (exact) mass is 374 g/mol. The number of nitrogens with one attached hydrogen (secondary N) is 1. The molecule has 1 fully saturated rings. The van der Waals surface area contributed by atoms with Crippen LogP contribution < -0.4 is 5.32 Å². The molecule has 1 aliphatic heterocycles. The van der Waals surface area contributed by atoms with Crippen molar-refractivity contribution in [3.63, 3.8) is 0 Å². The third-order valence-corrected chi connectivity index (χ3v) is 4.44. The van der Waals surface area contributed by atoms with Crippen molar-refractivity contribution in [2.24, 2.45) is 5.92 Å². The van der Waals surface area contributed by atoms with Gasteiger partial charge in [-0.3, -0.25) is 9.59 Å². The molecule has 1 atom stereocenters. The van der Waals surface area contributed by atoms with Crippen molar-refractivity contribution in [1.29, 1.82) is 0 Å². The van der Waals surface area contributed by atoms with Gasteiger partial charge in [0, 0.05) is 25.3 Å². The Labute approximate surface area is 139 Å². The van der Waals surface area contributed by atoms with Gasteiger partial charge in [0.1, 0.15) is 6.04 Å². The third-order valence-electron chi connectivity index (χ3n) is 3.79. The lowest BCUT2D eigenvalue weighted by atomic mass is 9.89. The van der Waals surface area contributed by atoms with E-state index in [1.165, 1.54) is 0 Å². The number of piperidine rings is 1. The molecule has 124 valence electrons. The Kier molecular flexibility index (Phi) is 8.16. The summed E-state index contributed by atoms with van der Waals surface area (Å²) in [6, 6.07) is -0.768. The number of alkyl halides is 1. The maximum absolute atomic E-state index is 11.9. The summed E-state index contributed by atoms with van der Waals surface area (Å²) in [5.41, 5.74) is 1.05. The molecule has 1 saturated heterocycles. The van der Waals surface area contributed by atoms with Crippen molar-refractivity contribution in [3.05, 3.63) is 11.6 Å². The number of amides is 2. The number of hydrogen-bond donors (Lipinski definition) is 1. The molecule has 0 bridgehead atoms. The maximum Gasteiger partial charge on any atom is 0.332 e. The minimum atomic E-state index is -0.768. The molecule has 0 aliphatic carbocycles. The van der Waals surface area contributed by atoms with Gasteiger partial charge in [-0.05, 0) is 25.7 Å². The van der Waals surface area contributed by atoms with Crippen LogP contribution in [0, 0.1) is 5.92 Å². The Morgan fingerprint density at radius 1 is 1.41 bits per heavy atom. The van der Waals surface area contributed by atoms with Crippen molar-refractivity contribution in [1.82, 2.24) is 10.2 Å². The third kappa shape index (κ3) is 5.44. The van der Waals surface area contributed by atoms with Gasteiger partial charge in [-0.25, -0.2) is 4.79 Å². The Hall–Kier alpha value is -1.37. The molecular weight excluding hydrogens is 352 g/mol. The zero-order chi connectivity index (χ0) is 16.5. The van der Waals surface area contributed by atoms with Gasteiger partial charge in [0.25, 0.3) is 0 Å². The Bertz CT molecular complexity index is 431. The van der Waals surface area contributed by atoms with Crippen molar-refractivity contribution in [2.75, 3.05) is 25.0 Å². The number of carbonyl (C=O) groups is 3. The molecule has 2 amide bonds. The van der Waals surface area contributed by atoms with Crippen LogP contribution in [0.1, 0.15) is 26.7 Å². The van der Waals surface area contributed by atoms with E-state index in [4.69, 9.17) is 4.74 Å². The zero-order valence-corrected chi connectivity index (χ0v) is 14.6. The minimum absolute atomic E-state index is 0.0924. The van der Waals surface area contributed by atoms with Crippen LogP contribution in [-0.2, 0) is 19.1 Å². The molecule has 1 rings (SSSR count). The fraction of sp³-hybridized carbons (Fsp3) is 0.667. The Morgan fingerprint density at radius 3 is 2.50 bits per heavy atom. The highest BCUT2D eigenvalue weighted by molar-refractivity contribution is 9.09. The lowest BCUT2D eigenvalue weighted by molar-refractivity contribution is -0.145. The number of carbonyl (C=O) groups excluding carboxylic acids is 3. The standard InChI is InChI=1S/C15H23BrN2O4/c1-3-22-15(21)14(17-10-19)8-13(9-16)12-4-6-18(7-5-12)11(2)20/h8,10,12,14H,3-7,9H2,1-2H3,(H,17,19)/b13-8-. The molecule has 22 heavy (non-hydrogen) atoms. The quantitative estimate of drug-likeness (QED) is 0.315. The van der Waals surface area contributed by atoms with Gasteiger partial charge < -0.3 is 15.0 Å². The van der Waals surface area contributed by atoms with Crippen LogP contribution >= 0.6 is 15.9 Å². The molecule has 1 aliphatic rings. The van der Waals surface area contributed by atoms with Crippen LogP contribution in [0.15, 0.2) is 11.6 Å². The van der Waals surface area contributed by atoms with E-state index in [1.54, 1.807) is 19.9 Å². The normalized spacial score (nSPS) is 17.8. The summed E-state index contributed by atoms with van der Waals surface area (Å²) < 4.78 is 4.96. The number of ether oxygens (including phenoxy) is 1. The highest BCUT2D eigenvalue weighted by Gasteiger charge is 2.25. The maximum atomic E-state index is 11.9. The van der Waals surface area contributed by atoms with Crippen LogP contribution in [-0.4, -0.2) is 54.3 Å². The first-order valence-electron chi connectivity index (χ1n) is 7.41. The fourth-order valence-corrected chi connectivity index (χ4v) is 3.20. The van der Waals surface area contributed by atoms with Crippen LogP contribution in [0.3, 0.4) is 0 Å². The molecular formula is C15H23BrN2O4. The summed E-state index contributed by atoms with van der Waals surface area (Å²) in [6.07, 6.45) is 3.97. The smallest absolute Gasteiger partial charge is 0.332 e. The molecule has 1 unspecified atom stereocenters. The summed E-state index contributed by atoms with van der Waals surface area (Å²) in [5, 5.41) is 3.10. The number of likely N-dealkylation sites (tertiary alicyclic amines) is 1. The van der Waals surface area contributed by atoms with Gasteiger partial charge in [-0.15, -0.1) is 0 Å². The molecule has 1 N–H and O–H groups in total. The number of nitrogens with zero attached hydrogens (tertiary/aromatic N) is 1. The van der Waals surface area contributed by atoms with E-state index in [9.17, 15) is 14.4 Å². The molecule has 0 aromatic carbocycles. The topological polar surface area (TPSA) is 75.7 Å². The van der Waals surface area contributed by atoms with Gasteiger partial charge in [0.05, 0.1) is 6.61 Å². The predicted molar refractivity (Wildman–Crippen MR) is 86.5 cm³/mol. The second-order valence-corrected chi connectivity index (χ2v) is 5.73. The molecule has 7 heteroatoms. The van der Waals surface area contributed by atoms with Gasteiger partial charge in [-0.2, -0.15) is 0 Å². The van der Waals surface area contributed by atoms with Crippen LogP contribution in [0.5, 0.6) is 0 Å². The molecule has 0 aromatic rings. The molecule has 0 saturated carbocycles. The molecule has 0 aromatic heterocycles. The Balaban J connectivity index is 2.77. The lowest BCUT2D eigenvalue weighted by Gasteiger charge is -2.32. The van der Waals surface area contributed by atoms with Gasteiger partial charge in [0.2, 0.25) is 12.3 Å². The number of rotatable bonds is 7. The van der Waals surface area contributed by atoms with Crippen molar-refractivity contribution in [2.45, 2.75) is 32.7 Å². The van der Waals surface area contributed by atoms with Crippen LogP contribution in [0.25, 0.3) is 0 Å². The van der Waals surface area contributed by atoms with Crippen molar-refractivity contribution in [3.8, 4) is 0 Å². The Morgan fingerprint density at radius 2 is 2.05 bits per heavy atom. The molecule has 0 radical (unpaired) electrons. The summed E-state index contributed by atoms with van der Waals surface area (Å²) in [5.74, 6) is -0.0792. The van der Waals surface area contributed by atoms with E-state index in [0.717, 1.165) is 31.5 Å². The van der Waals surface area contributed by atoms with Crippen LogP contribution in [0.2, 0.25) is 0 Å². The van der Waals surface area contributed by atoms with Crippen LogP contribution in [0.4, 0.5) is 0 Å². The number of esters is 1. The van der Waals surface area contributed by atoms with E-state index in [2.05, 4.69) is 21.2 Å². The van der Waals surface area contributed by atoms with Gasteiger partial charge in [-0.1, -0.05) is 27.6 Å². The highest BCUT2D eigenvalue weighted by atomic mass is 79.9. The van der Waals surface area contributed by atoms with E-state index < -0.39 is 12.0 Å². The summed E-state index contributed by atoms with van der Waals surface area (Å²) in [4.78, 5) is 35.7. The van der Waals surface area contributed by atoms with E-state index in [1.807, 2.05) is 4.90 Å². The second-order valence-electron chi connectivity index (χ2n) is 5.17. The largest absolute Gasteiger partial charge is 0.464 e. The first-order chi connectivity index (χ1) is 10.5. The average Bonchev–Trinajstić information content (AvgIpc) is 2.51. The SMILES string of the molecule is CCOC(=O)C(/C=C(/CBr)C1CCN(C(C)=O)CC1)NC=O. The van der Waals surface area contributed by atoms with Crippen molar-refractivity contribution >= 4 is 34.2 Å². The zero-order valence-electron chi connectivity index (χ0n) is 13.0. The van der Waals surface area contributed by atoms with E-state index in [0.29, 0.717) is 17.7 Å². The number of allylic oxidation sites excluding steroid dienone is 1. The van der Waals surface area contributed by atoms with E-state index >= 15 is 0 Å². The lowest BCUT2D eigenvalue weighted by Crippen LogP contribution is -2.39.